The molecule has 1 aliphatic carbocycles. The van der Waals surface area contributed by atoms with Gasteiger partial charge in [0, 0.05) is 5.94 Å². The van der Waals surface area contributed by atoms with E-state index in [1.54, 1.807) is 6.08 Å². The molecule has 0 aromatic heterocycles. The van der Waals surface area contributed by atoms with E-state index in [9.17, 15) is 4.39 Å². The van der Waals surface area contributed by atoms with Crippen molar-refractivity contribution in [2.45, 2.75) is 39.5 Å². The molecule has 0 radical (unpaired) electrons. The van der Waals surface area contributed by atoms with Crippen LogP contribution in [0.4, 0.5) is 4.39 Å². The lowest BCUT2D eigenvalue weighted by Crippen LogP contribution is -2.04. The molecular weight excluding hydrogens is 307 g/mol. The van der Waals surface area contributed by atoms with Gasteiger partial charge in [0.15, 0.2) is 0 Å². The molecule has 0 amide bonds. The average Bonchev–Trinajstić information content (AvgIpc) is 2.71. The summed E-state index contributed by atoms with van der Waals surface area (Å²) in [6.07, 6.45) is 7.39. The second kappa shape index (κ2) is 8.81. The highest BCUT2D eigenvalue weighted by molar-refractivity contribution is 7.89. The first-order chi connectivity index (χ1) is 11.1. The van der Waals surface area contributed by atoms with Crippen LogP contribution in [-0.2, 0) is 23.1 Å². The highest BCUT2D eigenvalue weighted by atomic mass is 32.2. The number of allylic oxidation sites excluding steroid dienone is 4. The fraction of sp³-hybridized carbons (Fsp3) is 0.350. The first-order valence-corrected chi connectivity index (χ1v) is 9.33. The predicted octanol–water partition coefficient (Wildman–Crippen LogP) is 5.44. The van der Waals surface area contributed by atoms with Gasteiger partial charge in [-0.1, -0.05) is 30.4 Å². The minimum atomic E-state index is -0.242. The molecule has 0 bridgehead atoms. The molecule has 124 valence electrons. The van der Waals surface area contributed by atoms with Crippen molar-refractivity contribution in [3.8, 4) is 10.9 Å². The predicted molar refractivity (Wildman–Crippen MR) is 98.7 cm³/mol. The van der Waals surface area contributed by atoms with Crippen molar-refractivity contribution in [3.05, 3.63) is 64.9 Å². The summed E-state index contributed by atoms with van der Waals surface area (Å²) in [6.45, 7) is 7.47. The number of rotatable bonds is 3. The van der Waals surface area contributed by atoms with Crippen molar-refractivity contribution in [2.75, 3.05) is 5.94 Å². The zero-order valence-electron chi connectivity index (χ0n) is 13.9. The zero-order valence-corrected chi connectivity index (χ0v) is 14.7. The SMILES string of the molecule is C=C1CCCc2c(cccc2OC[S-](#CC)C=CC=C(C)F)C1. The number of fused-ring (bicyclic) bond motifs is 1. The van der Waals surface area contributed by atoms with Crippen LogP contribution in [0, 0.1) is 5.18 Å². The molecule has 0 atom stereocenters. The van der Waals surface area contributed by atoms with Crippen LogP contribution in [0.25, 0.3) is 0 Å². The van der Waals surface area contributed by atoms with E-state index < -0.39 is 0 Å². The molecule has 1 aromatic carbocycles. The van der Waals surface area contributed by atoms with Crippen LogP contribution in [0.5, 0.6) is 5.75 Å². The normalized spacial score (nSPS) is 15.5. The van der Waals surface area contributed by atoms with Gasteiger partial charge in [0.05, 0.1) is 5.83 Å². The van der Waals surface area contributed by atoms with Gasteiger partial charge < -0.3 is 15.0 Å². The Balaban J connectivity index is 2.10. The van der Waals surface area contributed by atoms with Gasteiger partial charge >= 0.3 is 0 Å². The molecule has 0 spiro atoms. The summed E-state index contributed by atoms with van der Waals surface area (Å²) in [7, 11) is -0.242. The Morgan fingerprint density at radius 3 is 3.00 bits per heavy atom. The Kier molecular flexibility index (Phi) is 6.76. The minimum absolute atomic E-state index is 0.199. The topological polar surface area (TPSA) is 9.23 Å². The molecule has 0 N–H and O–H groups in total. The second-order valence-corrected chi connectivity index (χ2v) is 7.43. The summed E-state index contributed by atoms with van der Waals surface area (Å²) in [4.78, 5) is 0. The van der Waals surface area contributed by atoms with E-state index in [-0.39, 0.29) is 16.1 Å². The molecule has 0 aliphatic heterocycles. The minimum Gasteiger partial charge on any atom is -0.514 e. The highest BCUT2D eigenvalue weighted by Crippen LogP contribution is 2.30. The van der Waals surface area contributed by atoms with Crippen molar-refractivity contribution in [2.24, 2.45) is 0 Å². The molecule has 0 saturated carbocycles. The van der Waals surface area contributed by atoms with E-state index in [0.29, 0.717) is 5.94 Å². The molecule has 0 heterocycles. The van der Waals surface area contributed by atoms with Crippen LogP contribution in [0.15, 0.2) is 53.7 Å². The Bertz CT molecular complexity index is 712. The van der Waals surface area contributed by atoms with Crippen LogP contribution < -0.4 is 4.74 Å². The number of halogens is 1. The van der Waals surface area contributed by atoms with Gasteiger partial charge in [0.1, 0.15) is 5.75 Å². The Morgan fingerprint density at radius 2 is 2.26 bits per heavy atom. The maximum absolute atomic E-state index is 12.7. The summed E-state index contributed by atoms with van der Waals surface area (Å²) in [5.41, 5.74) is 3.95. The van der Waals surface area contributed by atoms with Gasteiger partial charge in [-0.2, -0.15) is 5.41 Å². The van der Waals surface area contributed by atoms with Crippen molar-refractivity contribution in [3.63, 3.8) is 0 Å². The van der Waals surface area contributed by atoms with E-state index in [4.69, 9.17) is 4.74 Å². The largest absolute Gasteiger partial charge is 0.514 e. The van der Waals surface area contributed by atoms with Gasteiger partial charge in [-0.15, -0.1) is 0 Å². The first kappa shape index (κ1) is 17.7. The lowest BCUT2D eigenvalue weighted by molar-refractivity contribution is 0.387. The summed E-state index contributed by atoms with van der Waals surface area (Å²) in [5.74, 6) is 1.31. The van der Waals surface area contributed by atoms with E-state index >= 15 is 0 Å². The van der Waals surface area contributed by atoms with Crippen LogP contribution in [0.1, 0.15) is 37.8 Å². The maximum Gasteiger partial charge on any atom is 0.119 e. The molecular formula is C20H24FOS-. The fourth-order valence-corrected chi connectivity index (χ4v) is 3.48. The third-order valence-corrected chi connectivity index (χ3v) is 5.18. The van der Waals surface area contributed by atoms with Crippen molar-refractivity contribution < 1.29 is 9.13 Å². The number of hydrogen-bond donors (Lipinski definition) is 0. The standard InChI is InChI=1S/C20H24FOS/c1-4-23(13-7-9-17(3)21)15-22-20-12-6-10-18-14-16(2)8-5-11-19(18)20/h6-7,9-10,12-13H,2,5,8,11,14-15H2,1,3H3/q-1. The molecule has 1 aliphatic rings. The van der Waals surface area contributed by atoms with Crippen molar-refractivity contribution in [1.82, 2.24) is 0 Å². The van der Waals surface area contributed by atoms with Crippen LogP contribution >= 0.6 is 0 Å². The van der Waals surface area contributed by atoms with Crippen molar-refractivity contribution in [1.29, 1.82) is 0 Å². The highest BCUT2D eigenvalue weighted by Gasteiger charge is 2.13. The fourth-order valence-electron chi connectivity index (χ4n) is 2.63. The summed E-state index contributed by atoms with van der Waals surface area (Å²) >= 11 is 0. The van der Waals surface area contributed by atoms with E-state index in [1.165, 1.54) is 29.7 Å². The Morgan fingerprint density at radius 1 is 1.43 bits per heavy atom. The van der Waals surface area contributed by atoms with Gasteiger partial charge in [0.2, 0.25) is 0 Å². The van der Waals surface area contributed by atoms with Crippen LogP contribution in [0.2, 0.25) is 0 Å². The van der Waals surface area contributed by atoms with Gasteiger partial charge in [-0.3, -0.25) is 5.18 Å². The summed E-state index contributed by atoms with van der Waals surface area (Å²) < 4.78 is 18.8. The van der Waals surface area contributed by atoms with Gasteiger partial charge in [0.25, 0.3) is 0 Å². The van der Waals surface area contributed by atoms with Crippen molar-refractivity contribution >= 4 is 10.3 Å². The molecule has 0 unspecified atom stereocenters. The van der Waals surface area contributed by atoms with Crippen LogP contribution in [0.3, 0.4) is 0 Å². The van der Waals surface area contributed by atoms with Crippen LogP contribution in [-0.4, -0.2) is 5.94 Å². The molecule has 0 fully saturated rings. The summed E-state index contributed by atoms with van der Waals surface area (Å²) in [6, 6.07) is 6.26. The third kappa shape index (κ3) is 5.46. The van der Waals surface area contributed by atoms with E-state index in [2.05, 4.69) is 23.9 Å². The summed E-state index contributed by atoms with van der Waals surface area (Å²) in [5, 5.41) is 5.13. The Hall–Kier alpha value is -1.70. The molecule has 1 aromatic rings. The second-order valence-electron chi connectivity index (χ2n) is 5.65. The molecule has 3 heteroatoms. The maximum atomic E-state index is 12.7. The third-order valence-electron chi connectivity index (χ3n) is 3.80. The van der Waals surface area contributed by atoms with Gasteiger partial charge in [-0.25, -0.2) is 4.39 Å². The lowest BCUT2D eigenvalue weighted by atomic mass is 10.0. The molecule has 23 heavy (non-hydrogen) atoms. The van der Waals surface area contributed by atoms with E-state index in [0.717, 1.165) is 31.4 Å². The quantitative estimate of drug-likeness (QED) is 0.310. The smallest absolute Gasteiger partial charge is 0.119 e. The molecule has 1 nitrogen and oxygen atoms in total. The average molecular weight is 331 g/mol. The van der Waals surface area contributed by atoms with E-state index in [1.807, 2.05) is 18.4 Å². The first-order valence-electron chi connectivity index (χ1n) is 7.88. The number of hydrogen-bond acceptors (Lipinski definition) is 2. The molecule has 2 rings (SSSR count). The number of benzene rings is 1. The monoisotopic (exact) mass is 331 g/mol. The lowest BCUT2D eigenvalue weighted by Gasteiger charge is -2.19. The number of ether oxygens (including phenoxy) is 1. The molecule has 0 saturated heterocycles. The zero-order chi connectivity index (χ0) is 16.7. The van der Waals surface area contributed by atoms with Gasteiger partial charge in [-0.05, 0) is 62.8 Å². The Labute approximate surface area is 141 Å².